The zero-order valence-corrected chi connectivity index (χ0v) is 18.1. The van der Waals surface area contributed by atoms with Crippen molar-refractivity contribution in [3.8, 4) is 0 Å². The van der Waals surface area contributed by atoms with Crippen LogP contribution in [0.1, 0.15) is 43.2 Å². The van der Waals surface area contributed by atoms with Gasteiger partial charge in [0.05, 0.1) is 4.90 Å². The highest BCUT2D eigenvalue weighted by atomic mass is 32.2. The van der Waals surface area contributed by atoms with Crippen molar-refractivity contribution in [2.24, 2.45) is 5.92 Å². The molecule has 1 aliphatic carbocycles. The Labute approximate surface area is 173 Å². The fraction of sp³-hybridized carbons (Fsp3) is 0.619. The minimum absolute atomic E-state index is 0.0417. The Bertz CT molecular complexity index is 855. The summed E-state index contributed by atoms with van der Waals surface area (Å²) in [6.45, 7) is 5.52. The number of carbonyl (C=O) groups excluding carboxylic acids is 2. The van der Waals surface area contributed by atoms with Crippen molar-refractivity contribution in [3.63, 3.8) is 0 Å². The quantitative estimate of drug-likeness (QED) is 0.759. The molecule has 0 aromatic heterocycles. The third-order valence-electron chi connectivity index (χ3n) is 6.07. The van der Waals surface area contributed by atoms with Gasteiger partial charge in [-0.1, -0.05) is 18.9 Å². The molecule has 1 N–H and O–H groups in total. The summed E-state index contributed by atoms with van der Waals surface area (Å²) >= 11 is 0. The number of aryl methyl sites for hydroxylation is 2. The van der Waals surface area contributed by atoms with Gasteiger partial charge in [-0.15, -0.1) is 0 Å². The van der Waals surface area contributed by atoms with Gasteiger partial charge in [0.2, 0.25) is 21.8 Å². The Morgan fingerprint density at radius 1 is 1.03 bits per heavy atom. The van der Waals surface area contributed by atoms with E-state index in [2.05, 4.69) is 5.32 Å². The number of carbonyl (C=O) groups is 2. The average Bonchev–Trinajstić information content (AvgIpc) is 3.25. The molecule has 8 heteroatoms. The molecule has 0 radical (unpaired) electrons. The molecule has 1 saturated heterocycles. The fourth-order valence-electron chi connectivity index (χ4n) is 3.98. The van der Waals surface area contributed by atoms with Gasteiger partial charge in [0, 0.05) is 45.1 Å². The van der Waals surface area contributed by atoms with Crippen LogP contribution in [0.3, 0.4) is 0 Å². The molecule has 0 atom stereocenters. The molecule has 0 bridgehead atoms. The molecule has 3 rings (SSSR count). The molecular weight excluding hydrogens is 390 g/mol. The second-order valence-corrected chi connectivity index (χ2v) is 9.99. The second kappa shape index (κ2) is 9.26. The van der Waals surface area contributed by atoms with E-state index in [9.17, 15) is 18.0 Å². The average molecular weight is 422 g/mol. The van der Waals surface area contributed by atoms with Crippen molar-refractivity contribution < 1.29 is 18.0 Å². The van der Waals surface area contributed by atoms with Crippen LogP contribution in [0.2, 0.25) is 0 Å². The maximum atomic E-state index is 12.9. The van der Waals surface area contributed by atoms with E-state index in [4.69, 9.17) is 0 Å². The first-order valence-electron chi connectivity index (χ1n) is 10.4. The summed E-state index contributed by atoms with van der Waals surface area (Å²) in [5, 5.41) is 2.87. The predicted molar refractivity (Wildman–Crippen MR) is 111 cm³/mol. The number of nitrogens with zero attached hydrogens (tertiary/aromatic N) is 2. The molecule has 1 aliphatic heterocycles. The highest BCUT2D eigenvalue weighted by Crippen LogP contribution is 2.24. The summed E-state index contributed by atoms with van der Waals surface area (Å²) in [5.74, 6) is 0.115. The molecule has 1 heterocycles. The molecule has 2 fully saturated rings. The van der Waals surface area contributed by atoms with Crippen molar-refractivity contribution in [1.29, 1.82) is 0 Å². The van der Waals surface area contributed by atoms with E-state index < -0.39 is 10.0 Å². The number of hydrogen-bond acceptors (Lipinski definition) is 4. The van der Waals surface area contributed by atoms with Gasteiger partial charge in [-0.25, -0.2) is 8.42 Å². The number of amides is 2. The lowest BCUT2D eigenvalue weighted by atomic mass is 10.1. The first-order valence-corrected chi connectivity index (χ1v) is 11.9. The summed E-state index contributed by atoms with van der Waals surface area (Å²) in [7, 11) is -3.55. The van der Waals surface area contributed by atoms with Crippen molar-refractivity contribution in [2.45, 2.75) is 50.8 Å². The van der Waals surface area contributed by atoms with Gasteiger partial charge in [-0.05, 0) is 49.9 Å². The van der Waals surface area contributed by atoms with Crippen LogP contribution in [-0.2, 0) is 19.6 Å². The monoisotopic (exact) mass is 421 g/mol. The first kappa shape index (κ1) is 21.8. The summed E-state index contributed by atoms with van der Waals surface area (Å²) in [6, 6.07) is 5.17. The Hall–Kier alpha value is -1.93. The van der Waals surface area contributed by atoms with Gasteiger partial charge >= 0.3 is 0 Å². The van der Waals surface area contributed by atoms with Gasteiger partial charge in [0.15, 0.2) is 0 Å². The van der Waals surface area contributed by atoms with Crippen LogP contribution in [-0.4, -0.2) is 62.2 Å². The summed E-state index contributed by atoms with van der Waals surface area (Å²) in [6.07, 6.45) is 4.34. The lowest BCUT2D eigenvalue weighted by molar-refractivity contribution is -0.132. The normalized spacial score (nSPS) is 18.8. The lowest BCUT2D eigenvalue weighted by Gasteiger charge is -2.34. The molecule has 1 saturated carbocycles. The Morgan fingerprint density at radius 3 is 2.31 bits per heavy atom. The van der Waals surface area contributed by atoms with Crippen LogP contribution in [0.5, 0.6) is 0 Å². The summed E-state index contributed by atoms with van der Waals surface area (Å²) in [5.41, 5.74) is 2.00. The van der Waals surface area contributed by atoms with E-state index in [1.807, 2.05) is 19.9 Å². The number of rotatable bonds is 6. The SMILES string of the molecule is Cc1ccc(S(=O)(=O)N2CCN(C(=O)CCNC(=O)C3CCCC3)CC2)cc1C. The van der Waals surface area contributed by atoms with Gasteiger partial charge < -0.3 is 10.2 Å². The maximum absolute atomic E-state index is 12.9. The molecular formula is C21H31N3O4S. The summed E-state index contributed by atoms with van der Waals surface area (Å²) < 4.78 is 27.2. The van der Waals surface area contributed by atoms with Crippen LogP contribution in [0, 0.1) is 19.8 Å². The van der Waals surface area contributed by atoms with Crippen LogP contribution < -0.4 is 5.32 Å². The molecule has 29 heavy (non-hydrogen) atoms. The number of sulfonamides is 1. The fourth-order valence-corrected chi connectivity index (χ4v) is 5.49. The van der Waals surface area contributed by atoms with Crippen LogP contribution >= 0.6 is 0 Å². The van der Waals surface area contributed by atoms with Crippen molar-refractivity contribution in [1.82, 2.24) is 14.5 Å². The zero-order valence-electron chi connectivity index (χ0n) is 17.3. The molecule has 1 aromatic carbocycles. The van der Waals surface area contributed by atoms with Crippen LogP contribution in [0.4, 0.5) is 0 Å². The van der Waals surface area contributed by atoms with E-state index >= 15 is 0 Å². The lowest BCUT2D eigenvalue weighted by Crippen LogP contribution is -2.50. The van der Waals surface area contributed by atoms with Crippen molar-refractivity contribution >= 4 is 21.8 Å². The third-order valence-corrected chi connectivity index (χ3v) is 7.97. The van der Waals surface area contributed by atoms with E-state index in [1.54, 1.807) is 17.0 Å². The minimum Gasteiger partial charge on any atom is -0.355 e. The number of nitrogens with one attached hydrogen (secondary N) is 1. The van der Waals surface area contributed by atoms with E-state index in [-0.39, 0.29) is 37.2 Å². The van der Waals surface area contributed by atoms with E-state index in [1.165, 1.54) is 4.31 Å². The smallest absolute Gasteiger partial charge is 0.243 e. The Morgan fingerprint density at radius 2 is 1.69 bits per heavy atom. The topological polar surface area (TPSA) is 86.8 Å². The predicted octanol–water partition coefficient (Wildman–Crippen LogP) is 1.83. The second-order valence-electron chi connectivity index (χ2n) is 8.05. The number of benzene rings is 1. The molecule has 1 aromatic rings. The largest absolute Gasteiger partial charge is 0.355 e. The first-order chi connectivity index (χ1) is 13.8. The summed E-state index contributed by atoms with van der Waals surface area (Å²) in [4.78, 5) is 26.4. The molecule has 0 spiro atoms. The molecule has 2 amide bonds. The Balaban J connectivity index is 1.47. The van der Waals surface area contributed by atoms with Crippen LogP contribution in [0.15, 0.2) is 23.1 Å². The third kappa shape index (κ3) is 5.17. The van der Waals surface area contributed by atoms with Crippen molar-refractivity contribution in [2.75, 3.05) is 32.7 Å². The van der Waals surface area contributed by atoms with Gasteiger partial charge in [-0.2, -0.15) is 4.31 Å². The maximum Gasteiger partial charge on any atom is 0.243 e. The Kier molecular flexibility index (Phi) is 6.95. The van der Waals surface area contributed by atoms with Crippen LogP contribution in [0.25, 0.3) is 0 Å². The molecule has 0 unspecified atom stereocenters. The highest BCUT2D eigenvalue weighted by Gasteiger charge is 2.30. The minimum atomic E-state index is -3.55. The van der Waals surface area contributed by atoms with Gasteiger partial charge in [0.1, 0.15) is 0 Å². The van der Waals surface area contributed by atoms with Crippen molar-refractivity contribution in [3.05, 3.63) is 29.3 Å². The van der Waals surface area contributed by atoms with Gasteiger partial charge in [-0.3, -0.25) is 9.59 Å². The van der Waals surface area contributed by atoms with E-state index in [0.717, 1.165) is 36.8 Å². The number of piperazine rings is 1. The molecule has 7 nitrogen and oxygen atoms in total. The molecule has 160 valence electrons. The molecule has 2 aliphatic rings. The van der Waals surface area contributed by atoms with E-state index in [0.29, 0.717) is 24.5 Å². The standard InChI is InChI=1S/C21H31N3O4S/c1-16-7-8-19(15-17(16)2)29(27,28)24-13-11-23(12-14-24)20(25)9-10-22-21(26)18-5-3-4-6-18/h7-8,15,18H,3-6,9-14H2,1-2H3,(H,22,26). The van der Waals surface area contributed by atoms with Gasteiger partial charge in [0.25, 0.3) is 0 Å². The number of hydrogen-bond donors (Lipinski definition) is 1. The zero-order chi connectivity index (χ0) is 21.0. The highest BCUT2D eigenvalue weighted by molar-refractivity contribution is 7.89.